The number of nitrogens with zero attached hydrogens (tertiary/aromatic N) is 1. The molecule has 5 N–H and O–H groups in total. The Kier molecular flexibility index (Phi) is 1.35. The minimum atomic E-state index is -0.118. The number of aromatic amines is 1. The van der Waals surface area contributed by atoms with Gasteiger partial charge in [-0.1, -0.05) is 0 Å². The standard InChI is InChI=1S/C4H6N5/c5-4(6)9-3-1-7-8-2-3/h1H,(H,7,8)(H4,5,6,9). The van der Waals surface area contributed by atoms with Gasteiger partial charge in [0.05, 0.1) is 5.69 Å². The molecule has 5 heteroatoms. The van der Waals surface area contributed by atoms with Crippen molar-refractivity contribution in [1.29, 1.82) is 5.41 Å². The van der Waals surface area contributed by atoms with Gasteiger partial charge < -0.3 is 11.1 Å². The topological polar surface area (TPSA) is 90.6 Å². The fourth-order valence-electron chi connectivity index (χ4n) is 0.431. The summed E-state index contributed by atoms with van der Waals surface area (Å²) in [4.78, 5) is 0. The van der Waals surface area contributed by atoms with Crippen molar-refractivity contribution >= 4 is 11.6 Å². The first-order valence-corrected chi connectivity index (χ1v) is 2.31. The lowest BCUT2D eigenvalue weighted by atomic mass is 10.6. The van der Waals surface area contributed by atoms with Crippen LogP contribution >= 0.6 is 0 Å². The van der Waals surface area contributed by atoms with E-state index >= 15 is 0 Å². The predicted molar refractivity (Wildman–Crippen MR) is 33.0 cm³/mol. The van der Waals surface area contributed by atoms with Crippen LogP contribution < -0.4 is 11.1 Å². The lowest BCUT2D eigenvalue weighted by Crippen LogP contribution is -2.19. The summed E-state index contributed by atoms with van der Waals surface area (Å²) in [7, 11) is 0. The molecular formula is C4H6N5. The minimum Gasteiger partial charge on any atom is -0.370 e. The number of hydrogen-bond donors (Lipinski definition) is 4. The summed E-state index contributed by atoms with van der Waals surface area (Å²) in [6.07, 6.45) is 4.09. The van der Waals surface area contributed by atoms with Crippen LogP contribution in [0.2, 0.25) is 0 Å². The number of nitrogens with two attached hydrogens (primary N) is 1. The van der Waals surface area contributed by atoms with Gasteiger partial charge in [0.2, 0.25) is 0 Å². The lowest BCUT2D eigenvalue weighted by molar-refractivity contribution is 1.08. The van der Waals surface area contributed by atoms with E-state index in [0.717, 1.165) is 0 Å². The molecule has 1 heterocycles. The van der Waals surface area contributed by atoms with Crippen molar-refractivity contribution < 1.29 is 0 Å². The molecule has 0 atom stereocenters. The number of aromatic nitrogens is 2. The Morgan fingerprint density at radius 3 is 3.22 bits per heavy atom. The molecule has 0 saturated heterocycles. The molecule has 47 valence electrons. The molecule has 0 amide bonds. The maximum Gasteiger partial charge on any atom is 0.190 e. The fourth-order valence-corrected chi connectivity index (χ4v) is 0.431. The number of H-pyrrole nitrogens is 1. The van der Waals surface area contributed by atoms with E-state index in [4.69, 9.17) is 11.1 Å². The van der Waals surface area contributed by atoms with Crippen molar-refractivity contribution in [3.05, 3.63) is 12.4 Å². The van der Waals surface area contributed by atoms with E-state index in [0.29, 0.717) is 5.69 Å². The van der Waals surface area contributed by atoms with E-state index in [1.165, 1.54) is 0 Å². The largest absolute Gasteiger partial charge is 0.370 e. The zero-order valence-electron chi connectivity index (χ0n) is 4.60. The summed E-state index contributed by atoms with van der Waals surface area (Å²) >= 11 is 0. The Hall–Kier alpha value is -1.52. The first-order valence-electron chi connectivity index (χ1n) is 2.31. The minimum absolute atomic E-state index is 0.118. The van der Waals surface area contributed by atoms with Crippen molar-refractivity contribution in [2.75, 3.05) is 5.32 Å². The maximum atomic E-state index is 6.78. The van der Waals surface area contributed by atoms with Gasteiger partial charge in [-0.05, 0) is 0 Å². The van der Waals surface area contributed by atoms with Crippen molar-refractivity contribution in [3.8, 4) is 0 Å². The van der Waals surface area contributed by atoms with Crippen molar-refractivity contribution in [2.24, 2.45) is 5.73 Å². The highest BCUT2D eigenvalue weighted by atomic mass is 15.1. The van der Waals surface area contributed by atoms with E-state index in [2.05, 4.69) is 21.7 Å². The Labute approximate surface area is 51.8 Å². The third-order valence-electron chi connectivity index (χ3n) is 0.719. The normalized spacial score (nSPS) is 8.89. The number of anilines is 1. The highest BCUT2D eigenvalue weighted by Gasteiger charge is 1.91. The van der Waals surface area contributed by atoms with Crippen LogP contribution in [0.1, 0.15) is 0 Å². The monoisotopic (exact) mass is 124 g/mol. The van der Waals surface area contributed by atoms with Crippen LogP contribution in [-0.4, -0.2) is 16.2 Å². The summed E-state index contributed by atoms with van der Waals surface area (Å²) in [6, 6.07) is 0. The first-order chi connectivity index (χ1) is 4.29. The third kappa shape index (κ3) is 1.45. The Morgan fingerprint density at radius 1 is 2.00 bits per heavy atom. The van der Waals surface area contributed by atoms with Gasteiger partial charge in [-0.3, -0.25) is 10.5 Å². The van der Waals surface area contributed by atoms with Crippen molar-refractivity contribution in [1.82, 2.24) is 10.2 Å². The smallest absolute Gasteiger partial charge is 0.190 e. The molecule has 1 radical (unpaired) electrons. The molecule has 1 aromatic rings. The van der Waals surface area contributed by atoms with Crippen molar-refractivity contribution in [3.63, 3.8) is 0 Å². The summed E-state index contributed by atoms with van der Waals surface area (Å²) in [6.45, 7) is 0. The Bertz CT molecular complexity index is 189. The van der Waals surface area contributed by atoms with Gasteiger partial charge in [0.25, 0.3) is 0 Å². The summed E-state index contributed by atoms with van der Waals surface area (Å²) in [5, 5.41) is 15.3. The van der Waals surface area contributed by atoms with Crippen LogP contribution in [0, 0.1) is 11.6 Å². The predicted octanol–water partition coefficient (Wildman–Crippen LogP) is -0.485. The zero-order valence-corrected chi connectivity index (χ0v) is 4.60. The molecule has 0 aliphatic carbocycles. The molecule has 9 heavy (non-hydrogen) atoms. The molecule has 0 aromatic carbocycles. The third-order valence-corrected chi connectivity index (χ3v) is 0.719. The number of hydrogen-bond acceptors (Lipinski definition) is 2. The van der Waals surface area contributed by atoms with Gasteiger partial charge in [0.1, 0.15) is 6.20 Å². The fraction of sp³-hybridized carbons (Fsp3) is 0. The van der Waals surface area contributed by atoms with Crippen LogP contribution in [0.15, 0.2) is 6.20 Å². The molecule has 0 fully saturated rings. The molecule has 0 aliphatic rings. The Balaban J connectivity index is 2.58. The second kappa shape index (κ2) is 2.17. The van der Waals surface area contributed by atoms with Gasteiger partial charge in [-0.15, -0.1) is 0 Å². The quantitative estimate of drug-likeness (QED) is 0.301. The summed E-state index contributed by atoms with van der Waals surface area (Å²) in [5.41, 5.74) is 5.57. The van der Waals surface area contributed by atoms with Crippen LogP contribution in [0.4, 0.5) is 5.69 Å². The van der Waals surface area contributed by atoms with E-state index < -0.39 is 0 Å². The van der Waals surface area contributed by atoms with Gasteiger partial charge in [-0.2, -0.15) is 5.10 Å². The molecule has 0 unspecified atom stereocenters. The van der Waals surface area contributed by atoms with Gasteiger partial charge >= 0.3 is 0 Å². The van der Waals surface area contributed by atoms with Crippen molar-refractivity contribution in [2.45, 2.75) is 0 Å². The highest BCUT2D eigenvalue weighted by molar-refractivity contribution is 5.89. The maximum absolute atomic E-state index is 6.78. The average Bonchev–Trinajstić information content (AvgIpc) is 2.15. The molecule has 5 nitrogen and oxygen atoms in total. The molecule has 1 aromatic heterocycles. The van der Waals surface area contributed by atoms with E-state index in [9.17, 15) is 0 Å². The van der Waals surface area contributed by atoms with Crippen LogP contribution in [-0.2, 0) is 0 Å². The van der Waals surface area contributed by atoms with Crippen LogP contribution in [0.3, 0.4) is 0 Å². The average molecular weight is 124 g/mol. The van der Waals surface area contributed by atoms with Crippen LogP contribution in [0.25, 0.3) is 0 Å². The zero-order chi connectivity index (χ0) is 6.69. The molecule has 0 spiro atoms. The second-order valence-corrected chi connectivity index (χ2v) is 1.45. The van der Waals surface area contributed by atoms with Gasteiger partial charge in [-0.25, -0.2) is 0 Å². The number of rotatable bonds is 1. The first kappa shape index (κ1) is 5.61. The van der Waals surface area contributed by atoms with E-state index in [1.54, 1.807) is 6.20 Å². The molecular weight excluding hydrogens is 118 g/mol. The molecule has 0 bridgehead atoms. The molecule has 1 rings (SSSR count). The lowest BCUT2D eigenvalue weighted by Gasteiger charge is -1.94. The molecule has 0 aliphatic heterocycles. The molecule has 0 saturated carbocycles. The highest BCUT2D eigenvalue weighted by Crippen LogP contribution is 1.96. The van der Waals surface area contributed by atoms with Gasteiger partial charge in [0, 0.05) is 6.20 Å². The number of guanidine groups is 1. The summed E-state index contributed by atoms with van der Waals surface area (Å²) in [5.74, 6) is -0.118. The van der Waals surface area contributed by atoms with Gasteiger partial charge in [0.15, 0.2) is 5.96 Å². The van der Waals surface area contributed by atoms with E-state index in [-0.39, 0.29) is 5.96 Å². The number of nitrogens with one attached hydrogen (secondary N) is 3. The van der Waals surface area contributed by atoms with E-state index in [1.807, 2.05) is 0 Å². The second-order valence-electron chi connectivity index (χ2n) is 1.45. The van der Waals surface area contributed by atoms with Crippen LogP contribution in [0.5, 0.6) is 0 Å². The summed E-state index contributed by atoms with van der Waals surface area (Å²) < 4.78 is 0. The SMILES string of the molecule is N=C(N)Nc1[c]n[nH]c1. The Morgan fingerprint density at radius 2 is 2.78 bits per heavy atom.